The highest BCUT2D eigenvalue weighted by Crippen LogP contribution is 2.29. The second-order valence-electron chi connectivity index (χ2n) is 5.83. The van der Waals surface area contributed by atoms with E-state index in [0.717, 1.165) is 34.4 Å². The molecule has 5 heteroatoms. The molecular formula is C17H24N2O3. The Morgan fingerprint density at radius 2 is 1.82 bits per heavy atom. The quantitative estimate of drug-likeness (QED) is 0.791. The molecule has 0 spiro atoms. The molecule has 120 valence electrons. The number of nitrogens with zero attached hydrogens (tertiary/aromatic N) is 2. The molecule has 1 aliphatic heterocycles. The van der Waals surface area contributed by atoms with Crippen LogP contribution in [0.15, 0.2) is 6.07 Å². The zero-order valence-electron chi connectivity index (χ0n) is 13.8. The molecule has 1 aliphatic rings. The molecule has 5 nitrogen and oxygen atoms in total. The Morgan fingerprint density at radius 3 is 2.36 bits per heavy atom. The molecule has 22 heavy (non-hydrogen) atoms. The molecule has 1 saturated heterocycles. The third-order valence-corrected chi connectivity index (χ3v) is 4.50. The first kappa shape index (κ1) is 16.3. The Labute approximate surface area is 131 Å². The number of hydrogen-bond acceptors (Lipinski definition) is 3. The molecule has 2 amide bonds. The van der Waals surface area contributed by atoms with Gasteiger partial charge < -0.3 is 14.5 Å². The zero-order chi connectivity index (χ0) is 16.3. The van der Waals surface area contributed by atoms with Crippen molar-refractivity contribution in [2.24, 2.45) is 0 Å². The molecule has 0 bridgehead atoms. The number of benzene rings is 1. The standard InChI is InChI=1S/C17H24N2O3/c1-12-9-15(13(2)14(3)17(12)22-4)10-16(21)19-7-5-18(11-20)6-8-19/h9,11H,5-8,10H2,1-4H3. The molecular weight excluding hydrogens is 280 g/mol. The molecule has 2 rings (SSSR count). The van der Waals surface area contributed by atoms with E-state index in [2.05, 4.69) is 0 Å². The average Bonchev–Trinajstić information content (AvgIpc) is 2.53. The Kier molecular flexibility index (Phi) is 5.06. The lowest BCUT2D eigenvalue weighted by atomic mass is 9.96. The van der Waals surface area contributed by atoms with Crippen LogP contribution >= 0.6 is 0 Å². The van der Waals surface area contributed by atoms with Gasteiger partial charge in [0.05, 0.1) is 13.5 Å². The molecule has 1 fully saturated rings. The van der Waals surface area contributed by atoms with Crippen molar-refractivity contribution in [3.8, 4) is 5.75 Å². The lowest BCUT2D eigenvalue weighted by molar-refractivity contribution is -0.134. The highest BCUT2D eigenvalue weighted by molar-refractivity contribution is 5.79. The lowest BCUT2D eigenvalue weighted by Gasteiger charge is -2.32. The molecule has 0 radical (unpaired) electrons. The average molecular weight is 304 g/mol. The van der Waals surface area contributed by atoms with Crippen LogP contribution in [0.25, 0.3) is 0 Å². The second kappa shape index (κ2) is 6.81. The van der Waals surface area contributed by atoms with Crippen LogP contribution in [0.4, 0.5) is 0 Å². The van der Waals surface area contributed by atoms with Crippen LogP contribution < -0.4 is 4.74 Å². The van der Waals surface area contributed by atoms with Gasteiger partial charge in [-0.3, -0.25) is 9.59 Å². The molecule has 0 aliphatic carbocycles. The van der Waals surface area contributed by atoms with Crippen LogP contribution in [0.5, 0.6) is 5.75 Å². The second-order valence-corrected chi connectivity index (χ2v) is 5.83. The summed E-state index contributed by atoms with van der Waals surface area (Å²) in [4.78, 5) is 26.7. The number of rotatable bonds is 4. The summed E-state index contributed by atoms with van der Waals surface area (Å²) in [5, 5.41) is 0. The monoisotopic (exact) mass is 304 g/mol. The van der Waals surface area contributed by atoms with E-state index >= 15 is 0 Å². The minimum atomic E-state index is 0.123. The van der Waals surface area contributed by atoms with E-state index in [-0.39, 0.29) is 5.91 Å². The van der Waals surface area contributed by atoms with Gasteiger partial charge in [0, 0.05) is 26.2 Å². The van der Waals surface area contributed by atoms with Crippen molar-refractivity contribution in [2.75, 3.05) is 33.3 Å². The highest BCUT2D eigenvalue weighted by atomic mass is 16.5. The summed E-state index contributed by atoms with van der Waals surface area (Å²) in [6.45, 7) is 8.53. The largest absolute Gasteiger partial charge is 0.496 e. The first-order valence-corrected chi connectivity index (χ1v) is 7.58. The first-order valence-electron chi connectivity index (χ1n) is 7.58. The Hall–Kier alpha value is -2.04. The van der Waals surface area contributed by atoms with Crippen molar-refractivity contribution in [3.05, 3.63) is 28.3 Å². The van der Waals surface area contributed by atoms with Gasteiger partial charge in [0.2, 0.25) is 12.3 Å². The van der Waals surface area contributed by atoms with Crippen molar-refractivity contribution < 1.29 is 14.3 Å². The molecule has 1 aromatic rings. The summed E-state index contributed by atoms with van der Waals surface area (Å²) >= 11 is 0. The fourth-order valence-corrected chi connectivity index (χ4v) is 2.99. The Morgan fingerprint density at radius 1 is 1.18 bits per heavy atom. The predicted molar refractivity (Wildman–Crippen MR) is 85.1 cm³/mol. The third-order valence-electron chi connectivity index (χ3n) is 4.50. The highest BCUT2D eigenvalue weighted by Gasteiger charge is 2.21. The molecule has 0 unspecified atom stereocenters. The number of carbonyl (C=O) groups is 2. The van der Waals surface area contributed by atoms with E-state index in [9.17, 15) is 9.59 Å². The molecule has 0 N–H and O–H groups in total. The number of methoxy groups -OCH3 is 1. The van der Waals surface area contributed by atoms with Crippen molar-refractivity contribution in [3.63, 3.8) is 0 Å². The molecule has 1 aromatic carbocycles. The van der Waals surface area contributed by atoms with Gasteiger partial charge in [-0.2, -0.15) is 0 Å². The topological polar surface area (TPSA) is 49.9 Å². The van der Waals surface area contributed by atoms with E-state index in [0.29, 0.717) is 32.6 Å². The minimum absolute atomic E-state index is 0.123. The number of carbonyl (C=O) groups excluding carboxylic acids is 2. The molecule has 0 aromatic heterocycles. The first-order chi connectivity index (χ1) is 10.5. The fourth-order valence-electron chi connectivity index (χ4n) is 2.99. The lowest BCUT2D eigenvalue weighted by Crippen LogP contribution is -2.48. The van der Waals surface area contributed by atoms with Crippen molar-refractivity contribution >= 4 is 12.3 Å². The summed E-state index contributed by atoms with van der Waals surface area (Å²) in [5.41, 5.74) is 4.32. The van der Waals surface area contributed by atoms with Gasteiger partial charge in [-0.05, 0) is 43.0 Å². The van der Waals surface area contributed by atoms with E-state index in [4.69, 9.17) is 4.74 Å². The summed E-state index contributed by atoms with van der Waals surface area (Å²) in [7, 11) is 1.67. The van der Waals surface area contributed by atoms with Crippen LogP contribution in [-0.4, -0.2) is 55.4 Å². The van der Waals surface area contributed by atoms with Gasteiger partial charge in [-0.1, -0.05) is 6.07 Å². The van der Waals surface area contributed by atoms with Gasteiger partial charge >= 0.3 is 0 Å². The minimum Gasteiger partial charge on any atom is -0.496 e. The van der Waals surface area contributed by atoms with Crippen molar-refractivity contribution in [1.82, 2.24) is 9.80 Å². The van der Waals surface area contributed by atoms with E-state index in [1.807, 2.05) is 31.7 Å². The smallest absolute Gasteiger partial charge is 0.227 e. The van der Waals surface area contributed by atoms with Crippen LogP contribution in [0.1, 0.15) is 22.3 Å². The van der Waals surface area contributed by atoms with Gasteiger partial charge in [0.25, 0.3) is 0 Å². The van der Waals surface area contributed by atoms with Gasteiger partial charge in [0.15, 0.2) is 0 Å². The summed E-state index contributed by atoms with van der Waals surface area (Å²) in [6, 6.07) is 2.04. The number of amides is 2. The zero-order valence-corrected chi connectivity index (χ0v) is 13.8. The predicted octanol–water partition coefficient (Wildman–Crippen LogP) is 1.46. The van der Waals surface area contributed by atoms with E-state index < -0.39 is 0 Å². The number of ether oxygens (including phenoxy) is 1. The molecule has 0 atom stereocenters. The SMILES string of the molecule is COc1c(C)cc(CC(=O)N2CCN(C=O)CC2)c(C)c1C. The number of hydrogen-bond donors (Lipinski definition) is 0. The van der Waals surface area contributed by atoms with Crippen molar-refractivity contribution in [2.45, 2.75) is 27.2 Å². The van der Waals surface area contributed by atoms with Gasteiger partial charge in [-0.25, -0.2) is 0 Å². The summed E-state index contributed by atoms with van der Waals surface area (Å²) in [5.74, 6) is 1.02. The van der Waals surface area contributed by atoms with Crippen LogP contribution in [0, 0.1) is 20.8 Å². The van der Waals surface area contributed by atoms with Crippen LogP contribution in [0.3, 0.4) is 0 Å². The maximum atomic E-state index is 12.5. The molecule has 1 heterocycles. The maximum absolute atomic E-state index is 12.5. The number of aryl methyl sites for hydroxylation is 1. The van der Waals surface area contributed by atoms with E-state index in [1.54, 1.807) is 12.0 Å². The Bertz CT molecular complexity index is 576. The van der Waals surface area contributed by atoms with Crippen LogP contribution in [-0.2, 0) is 16.0 Å². The van der Waals surface area contributed by atoms with Gasteiger partial charge in [-0.15, -0.1) is 0 Å². The third kappa shape index (κ3) is 3.24. The Balaban J connectivity index is 2.11. The number of piperazine rings is 1. The maximum Gasteiger partial charge on any atom is 0.227 e. The fraction of sp³-hybridized carbons (Fsp3) is 0.529. The summed E-state index contributed by atoms with van der Waals surface area (Å²) in [6.07, 6.45) is 1.25. The van der Waals surface area contributed by atoms with Crippen LogP contribution in [0.2, 0.25) is 0 Å². The molecule has 0 saturated carbocycles. The van der Waals surface area contributed by atoms with E-state index in [1.165, 1.54) is 0 Å². The van der Waals surface area contributed by atoms with Crippen molar-refractivity contribution in [1.29, 1.82) is 0 Å². The summed E-state index contributed by atoms with van der Waals surface area (Å²) < 4.78 is 5.42. The van der Waals surface area contributed by atoms with Gasteiger partial charge in [0.1, 0.15) is 5.75 Å². The normalized spacial score (nSPS) is 14.9.